The van der Waals surface area contributed by atoms with Gasteiger partial charge in [0.2, 0.25) is 0 Å². The molecule has 12 atom stereocenters. The number of epoxide rings is 1. The number of ketones is 1. The van der Waals surface area contributed by atoms with E-state index >= 15 is 0 Å². The molecule has 0 unspecified atom stereocenters. The number of fused-ring (bicyclic) bond motifs is 5. The van der Waals surface area contributed by atoms with Crippen LogP contribution in [0.2, 0.25) is 0 Å². The fourth-order valence-corrected chi connectivity index (χ4v) is 10.7. The Bertz CT molecular complexity index is 735. The molecule has 0 aromatic heterocycles. The van der Waals surface area contributed by atoms with Gasteiger partial charge < -0.3 is 4.74 Å². The van der Waals surface area contributed by atoms with Crippen LogP contribution in [0.5, 0.6) is 0 Å². The number of Topliss-reactive ketones (excluding diaryl/α,β-unsaturated/α-hetero) is 1. The van der Waals surface area contributed by atoms with Gasteiger partial charge in [-0.15, -0.1) is 0 Å². The maximum atomic E-state index is 13.4. The summed E-state index contributed by atoms with van der Waals surface area (Å²) in [5, 5.41) is 0. The molecule has 5 rings (SSSR count). The quantitative estimate of drug-likeness (QED) is 0.282. The Hall–Kier alpha value is 0.110. The van der Waals surface area contributed by atoms with Crippen LogP contribution >= 0.6 is 15.9 Å². The predicted molar refractivity (Wildman–Crippen MR) is 135 cm³/mol. The highest BCUT2D eigenvalue weighted by Crippen LogP contribution is 2.68. The molecule has 0 bridgehead atoms. The lowest BCUT2D eigenvalue weighted by Gasteiger charge is -2.60. The number of hydrogen-bond acceptors (Lipinski definition) is 2. The van der Waals surface area contributed by atoms with Crippen LogP contribution < -0.4 is 0 Å². The molecule has 5 fully saturated rings. The summed E-state index contributed by atoms with van der Waals surface area (Å²) in [6.07, 6.45) is 12.1. The van der Waals surface area contributed by atoms with Crippen molar-refractivity contribution in [3.63, 3.8) is 0 Å². The zero-order valence-electron chi connectivity index (χ0n) is 21.4. The van der Waals surface area contributed by atoms with Crippen LogP contribution in [0.4, 0.5) is 0 Å². The molecule has 5 aliphatic rings. The normalized spacial score (nSPS) is 52.2. The maximum Gasteiger partial charge on any atom is 0.136 e. The minimum Gasteiger partial charge on any atom is -0.369 e. The van der Waals surface area contributed by atoms with E-state index in [0.29, 0.717) is 57.8 Å². The van der Waals surface area contributed by atoms with Gasteiger partial charge in [0.1, 0.15) is 5.78 Å². The molecular weight excluding hydrogens is 460 g/mol. The molecule has 32 heavy (non-hydrogen) atoms. The number of carbonyl (C=O) groups excluding carboxylic acids is 1. The first-order chi connectivity index (χ1) is 15.1. The molecule has 4 saturated carbocycles. The fraction of sp³-hybridized carbons (Fsp3) is 0.966. The van der Waals surface area contributed by atoms with Gasteiger partial charge in [-0.05, 0) is 97.2 Å². The van der Waals surface area contributed by atoms with Gasteiger partial charge in [-0.3, -0.25) is 4.79 Å². The molecule has 1 saturated heterocycles. The van der Waals surface area contributed by atoms with Gasteiger partial charge in [0.25, 0.3) is 0 Å². The van der Waals surface area contributed by atoms with E-state index in [0.717, 1.165) is 30.6 Å². The molecular formula is C29H47BrO2. The highest BCUT2D eigenvalue weighted by atomic mass is 79.9. The Morgan fingerprint density at radius 2 is 1.69 bits per heavy atom. The summed E-state index contributed by atoms with van der Waals surface area (Å²) in [6.45, 7) is 14.7. The van der Waals surface area contributed by atoms with Crippen molar-refractivity contribution in [1.29, 1.82) is 0 Å². The summed E-state index contributed by atoms with van der Waals surface area (Å²) < 4.78 is 6.39. The van der Waals surface area contributed by atoms with Crippen LogP contribution in [0.3, 0.4) is 0 Å². The third-order valence-electron chi connectivity index (χ3n) is 11.9. The van der Waals surface area contributed by atoms with Crippen molar-refractivity contribution >= 4 is 21.7 Å². The van der Waals surface area contributed by atoms with Crippen LogP contribution in [0.25, 0.3) is 0 Å². The first-order valence-corrected chi connectivity index (χ1v) is 14.9. The number of carbonyl (C=O) groups is 1. The molecule has 0 N–H and O–H groups in total. The van der Waals surface area contributed by atoms with Gasteiger partial charge >= 0.3 is 0 Å². The van der Waals surface area contributed by atoms with Crippen LogP contribution in [0, 0.1) is 58.2 Å². The van der Waals surface area contributed by atoms with E-state index < -0.39 is 0 Å². The van der Waals surface area contributed by atoms with E-state index in [1.165, 1.54) is 44.9 Å². The molecule has 0 aromatic rings. The number of hydrogen-bond donors (Lipinski definition) is 0. The lowest BCUT2D eigenvalue weighted by atomic mass is 9.44. The van der Waals surface area contributed by atoms with Crippen molar-refractivity contribution in [1.82, 2.24) is 0 Å². The van der Waals surface area contributed by atoms with E-state index in [1.807, 2.05) is 0 Å². The monoisotopic (exact) mass is 506 g/mol. The standard InChI is InChI=1S/C29H47BrO2/c1-7-19(16(2)3)27-26(32-27)17(4)21-8-9-22-20-15-25(31)24-14-18(30)10-12-29(24,6)23(20)11-13-28(21,22)5/h16-24,26-27H,7-15H2,1-6H3/t17-,18-,19-,20-,21+,22-,23-,24+,26+,27+,28+,29+/m0/s1. The second-order valence-corrected chi connectivity index (χ2v) is 14.7. The molecule has 3 heteroatoms. The number of ether oxygens (including phenoxy) is 1. The van der Waals surface area contributed by atoms with Gasteiger partial charge in [-0.2, -0.15) is 0 Å². The summed E-state index contributed by atoms with van der Waals surface area (Å²) in [5.74, 6) is 5.92. The average molecular weight is 508 g/mol. The van der Waals surface area contributed by atoms with Gasteiger partial charge in [0, 0.05) is 17.2 Å². The molecule has 0 amide bonds. The molecule has 1 heterocycles. The first kappa shape index (κ1) is 23.8. The van der Waals surface area contributed by atoms with Crippen molar-refractivity contribution < 1.29 is 9.53 Å². The predicted octanol–water partition coefficient (Wildman–Crippen LogP) is 7.67. The molecule has 0 radical (unpaired) electrons. The second-order valence-electron chi connectivity index (χ2n) is 13.4. The topological polar surface area (TPSA) is 29.6 Å². The summed E-state index contributed by atoms with van der Waals surface area (Å²) in [7, 11) is 0. The van der Waals surface area contributed by atoms with Gasteiger partial charge in [-0.1, -0.05) is 63.9 Å². The van der Waals surface area contributed by atoms with Crippen LogP contribution in [0.1, 0.15) is 99.3 Å². The number of rotatable bonds is 5. The zero-order chi connectivity index (χ0) is 23.0. The minimum absolute atomic E-state index is 0.256. The van der Waals surface area contributed by atoms with Crippen molar-refractivity contribution in [3.8, 4) is 0 Å². The summed E-state index contributed by atoms with van der Waals surface area (Å²) in [5.41, 5.74) is 0.665. The van der Waals surface area contributed by atoms with E-state index in [9.17, 15) is 4.79 Å². The zero-order valence-corrected chi connectivity index (χ0v) is 23.0. The Morgan fingerprint density at radius 1 is 1.00 bits per heavy atom. The van der Waals surface area contributed by atoms with E-state index in [-0.39, 0.29) is 5.41 Å². The summed E-state index contributed by atoms with van der Waals surface area (Å²) in [6, 6.07) is 0. The Labute approximate surface area is 205 Å². The molecule has 0 spiro atoms. The molecule has 0 aromatic carbocycles. The molecule has 1 aliphatic heterocycles. The molecule has 182 valence electrons. The third kappa shape index (κ3) is 3.52. The van der Waals surface area contributed by atoms with Crippen molar-refractivity contribution in [3.05, 3.63) is 0 Å². The van der Waals surface area contributed by atoms with Crippen LogP contribution in [-0.2, 0) is 9.53 Å². The van der Waals surface area contributed by atoms with Crippen LogP contribution in [0.15, 0.2) is 0 Å². The Balaban J connectivity index is 1.34. The lowest BCUT2D eigenvalue weighted by molar-refractivity contribution is -0.154. The van der Waals surface area contributed by atoms with Crippen LogP contribution in [-0.4, -0.2) is 22.8 Å². The van der Waals surface area contributed by atoms with E-state index in [1.54, 1.807) is 0 Å². The maximum absolute atomic E-state index is 13.4. The van der Waals surface area contributed by atoms with Gasteiger partial charge in [-0.25, -0.2) is 0 Å². The highest BCUT2D eigenvalue weighted by molar-refractivity contribution is 9.09. The first-order valence-electron chi connectivity index (χ1n) is 13.9. The lowest BCUT2D eigenvalue weighted by Crippen LogP contribution is -2.57. The smallest absolute Gasteiger partial charge is 0.136 e. The largest absolute Gasteiger partial charge is 0.369 e. The third-order valence-corrected chi connectivity index (χ3v) is 12.8. The molecule has 4 aliphatic carbocycles. The average Bonchev–Trinajstić information content (AvgIpc) is 3.43. The van der Waals surface area contributed by atoms with E-state index in [2.05, 4.69) is 57.5 Å². The molecule has 2 nitrogen and oxygen atoms in total. The fourth-order valence-electron chi connectivity index (χ4n) is 10.1. The number of halogens is 1. The van der Waals surface area contributed by atoms with Crippen molar-refractivity contribution in [2.24, 2.45) is 58.2 Å². The van der Waals surface area contributed by atoms with E-state index in [4.69, 9.17) is 4.74 Å². The highest BCUT2D eigenvalue weighted by Gasteiger charge is 2.64. The Kier molecular flexibility index (Phi) is 6.22. The SMILES string of the molecule is CC[C@@H](C(C)C)[C@H]1O[C@@H]1[C@@H](C)[C@H]1CC[C@H]2[C@@H]3CC(=O)[C@H]4C[C@@H](Br)CC[C@]4(C)[C@H]3CC[C@]12C. The van der Waals surface area contributed by atoms with Crippen molar-refractivity contribution in [2.75, 3.05) is 0 Å². The van der Waals surface area contributed by atoms with Gasteiger partial charge in [0.05, 0.1) is 12.2 Å². The minimum atomic E-state index is 0.256. The second kappa shape index (κ2) is 8.35. The Morgan fingerprint density at radius 3 is 2.38 bits per heavy atom. The summed E-state index contributed by atoms with van der Waals surface area (Å²) in [4.78, 5) is 14.0. The van der Waals surface area contributed by atoms with Gasteiger partial charge in [0.15, 0.2) is 0 Å². The van der Waals surface area contributed by atoms with Crippen molar-refractivity contribution in [2.45, 2.75) is 116 Å². The summed E-state index contributed by atoms with van der Waals surface area (Å²) >= 11 is 3.85. The number of alkyl halides is 1.